The Hall–Kier alpha value is -3.08. The first-order valence-electron chi connectivity index (χ1n) is 7.03. The fraction of sp³-hybridized carbons (Fsp3) is 0.0556. The smallest absolute Gasteiger partial charge is 0.261 e. The van der Waals surface area contributed by atoms with E-state index in [1.807, 2.05) is 0 Å². The van der Waals surface area contributed by atoms with Gasteiger partial charge in [0.2, 0.25) is 0 Å². The monoisotopic (exact) mass is 311 g/mol. The first kappa shape index (κ1) is 14.8. The fourth-order valence-corrected chi connectivity index (χ4v) is 2.25. The lowest BCUT2D eigenvalue weighted by atomic mass is 10.1. The van der Waals surface area contributed by atoms with Crippen molar-refractivity contribution in [2.45, 2.75) is 6.54 Å². The highest BCUT2D eigenvalue weighted by Crippen LogP contribution is 2.23. The maximum absolute atomic E-state index is 13.9. The second-order valence-electron chi connectivity index (χ2n) is 4.97. The molecule has 0 aliphatic heterocycles. The average molecular weight is 311 g/mol. The van der Waals surface area contributed by atoms with Gasteiger partial charge in [-0.3, -0.25) is 4.79 Å². The third-order valence-corrected chi connectivity index (χ3v) is 3.40. The Morgan fingerprint density at radius 3 is 2.43 bits per heavy atom. The molecule has 0 radical (unpaired) electrons. The van der Waals surface area contributed by atoms with E-state index in [0.29, 0.717) is 11.4 Å². The molecule has 0 aliphatic carbocycles. The lowest BCUT2D eigenvalue weighted by Crippen LogP contribution is -2.30. The summed E-state index contributed by atoms with van der Waals surface area (Å²) in [6.07, 6.45) is 1.51. The van der Waals surface area contributed by atoms with Crippen LogP contribution in [0, 0.1) is 5.82 Å². The molecule has 1 N–H and O–H groups in total. The van der Waals surface area contributed by atoms with Crippen LogP contribution < -0.4 is 4.90 Å². The molecular formula is C18H14FNO3. The molecule has 0 aliphatic rings. The topological polar surface area (TPSA) is 53.7 Å². The van der Waals surface area contributed by atoms with Gasteiger partial charge in [-0.25, -0.2) is 4.39 Å². The van der Waals surface area contributed by atoms with E-state index >= 15 is 0 Å². The Labute approximate surface area is 132 Å². The predicted octanol–water partition coefficient (Wildman–Crippen LogP) is 3.97. The normalized spacial score (nSPS) is 10.5. The number of rotatable bonds is 4. The summed E-state index contributed by atoms with van der Waals surface area (Å²) in [4.78, 5) is 14.2. The number of aromatic hydroxyl groups is 1. The summed E-state index contributed by atoms with van der Waals surface area (Å²) >= 11 is 0. The van der Waals surface area contributed by atoms with Crippen molar-refractivity contribution < 1.29 is 18.7 Å². The molecule has 0 atom stereocenters. The zero-order chi connectivity index (χ0) is 16.2. The van der Waals surface area contributed by atoms with Gasteiger partial charge in [-0.1, -0.05) is 12.1 Å². The Morgan fingerprint density at radius 2 is 1.78 bits per heavy atom. The SMILES string of the molecule is O=C(c1ccccc1F)N(Cc1ccco1)c1ccc(O)cc1. The minimum Gasteiger partial charge on any atom is -0.508 e. The van der Waals surface area contributed by atoms with E-state index in [-0.39, 0.29) is 17.9 Å². The van der Waals surface area contributed by atoms with E-state index in [1.54, 1.807) is 30.3 Å². The Morgan fingerprint density at radius 1 is 1.04 bits per heavy atom. The lowest BCUT2D eigenvalue weighted by Gasteiger charge is -2.22. The molecule has 1 aromatic heterocycles. The van der Waals surface area contributed by atoms with Crippen LogP contribution in [0.25, 0.3) is 0 Å². The number of nitrogens with zero attached hydrogens (tertiary/aromatic N) is 1. The predicted molar refractivity (Wildman–Crippen MR) is 83.7 cm³/mol. The number of anilines is 1. The molecule has 4 nitrogen and oxygen atoms in total. The van der Waals surface area contributed by atoms with Gasteiger partial charge in [-0.05, 0) is 48.5 Å². The van der Waals surface area contributed by atoms with Gasteiger partial charge >= 0.3 is 0 Å². The second-order valence-corrected chi connectivity index (χ2v) is 4.97. The fourth-order valence-electron chi connectivity index (χ4n) is 2.25. The van der Waals surface area contributed by atoms with E-state index < -0.39 is 11.7 Å². The molecule has 5 heteroatoms. The second kappa shape index (κ2) is 6.36. The van der Waals surface area contributed by atoms with Crippen LogP contribution in [0.15, 0.2) is 71.3 Å². The Bertz CT molecular complexity index is 797. The van der Waals surface area contributed by atoms with Gasteiger partial charge in [-0.2, -0.15) is 0 Å². The summed E-state index contributed by atoms with van der Waals surface area (Å²) in [6.45, 7) is 0.158. The van der Waals surface area contributed by atoms with E-state index in [9.17, 15) is 14.3 Å². The highest BCUT2D eigenvalue weighted by molar-refractivity contribution is 6.06. The van der Waals surface area contributed by atoms with Crippen molar-refractivity contribution in [3.8, 4) is 5.75 Å². The number of benzene rings is 2. The van der Waals surface area contributed by atoms with Crippen molar-refractivity contribution >= 4 is 11.6 Å². The molecule has 1 amide bonds. The average Bonchev–Trinajstić information content (AvgIpc) is 3.07. The third kappa shape index (κ3) is 3.23. The first-order valence-corrected chi connectivity index (χ1v) is 7.03. The largest absolute Gasteiger partial charge is 0.508 e. The molecule has 3 aromatic rings. The number of halogens is 1. The van der Waals surface area contributed by atoms with Crippen molar-refractivity contribution in [1.29, 1.82) is 0 Å². The number of hydrogen-bond acceptors (Lipinski definition) is 3. The molecule has 0 saturated carbocycles. The van der Waals surface area contributed by atoms with Gasteiger partial charge in [-0.15, -0.1) is 0 Å². The maximum Gasteiger partial charge on any atom is 0.261 e. The van der Waals surface area contributed by atoms with Crippen molar-refractivity contribution in [3.05, 3.63) is 84.1 Å². The summed E-state index contributed by atoms with van der Waals surface area (Å²) in [7, 11) is 0. The maximum atomic E-state index is 13.9. The van der Waals surface area contributed by atoms with Crippen LogP contribution in [0.5, 0.6) is 5.75 Å². The summed E-state index contributed by atoms with van der Waals surface area (Å²) in [5, 5.41) is 9.41. The van der Waals surface area contributed by atoms with Crippen LogP contribution in [0.3, 0.4) is 0 Å². The van der Waals surface area contributed by atoms with Crippen LogP contribution >= 0.6 is 0 Å². The lowest BCUT2D eigenvalue weighted by molar-refractivity contribution is 0.0979. The number of carbonyl (C=O) groups excluding carboxylic acids is 1. The standard InChI is InChI=1S/C18H14FNO3/c19-17-6-2-1-5-16(17)18(22)20(12-15-4-3-11-23-15)13-7-9-14(21)10-8-13/h1-11,21H,12H2. The molecule has 0 fully saturated rings. The number of hydrogen-bond donors (Lipinski definition) is 1. The summed E-state index contributed by atoms with van der Waals surface area (Å²) in [5.41, 5.74) is 0.514. The molecule has 3 rings (SSSR count). The van der Waals surface area contributed by atoms with Crippen LogP contribution in [-0.4, -0.2) is 11.0 Å². The zero-order valence-electron chi connectivity index (χ0n) is 12.1. The first-order chi connectivity index (χ1) is 11.1. The molecule has 116 valence electrons. The van der Waals surface area contributed by atoms with Gasteiger partial charge in [0.1, 0.15) is 17.3 Å². The third-order valence-electron chi connectivity index (χ3n) is 3.40. The number of carbonyl (C=O) groups is 1. The summed E-state index contributed by atoms with van der Waals surface area (Å²) in [5.74, 6) is -0.404. The van der Waals surface area contributed by atoms with Crippen LogP contribution in [-0.2, 0) is 6.54 Å². The molecular weight excluding hydrogens is 297 g/mol. The van der Waals surface area contributed by atoms with Crippen molar-refractivity contribution in [3.63, 3.8) is 0 Å². The van der Waals surface area contributed by atoms with E-state index in [0.717, 1.165) is 0 Å². The Kier molecular flexibility index (Phi) is 4.10. The van der Waals surface area contributed by atoms with Gasteiger partial charge in [0.05, 0.1) is 18.4 Å². The minimum absolute atomic E-state index is 0.0212. The molecule has 1 heterocycles. The molecule has 23 heavy (non-hydrogen) atoms. The summed E-state index contributed by atoms with van der Waals surface area (Å²) in [6, 6.07) is 15.4. The van der Waals surface area contributed by atoms with Crippen LogP contribution in [0.2, 0.25) is 0 Å². The van der Waals surface area contributed by atoms with E-state index in [4.69, 9.17) is 4.42 Å². The van der Waals surface area contributed by atoms with Gasteiger partial charge < -0.3 is 14.4 Å². The van der Waals surface area contributed by atoms with Gasteiger partial charge in [0, 0.05) is 5.69 Å². The van der Waals surface area contributed by atoms with E-state index in [1.165, 1.54) is 41.5 Å². The molecule has 0 unspecified atom stereocenters. The number of phenols is 1. The van der Waals surface area contributed by atoms with Crippen LogP contribution in [0.4, 0.5) is 10.1 Å². The molecule has 0 saturated heterocycles. The van der Waals surface area contributed by atoms with Gasteiger partial charge in [0.15, 0.2) is 0 Å². The molecule has 2 aromatic carbocycles. The van der Waals surface area contributed by atoms with Crippen molar-refractivity contribution in [2.75, 3.05) is 4.90 Å². The molecule has 0 spiro atoms. The Balaban J connectivity index is 1.99. The van der Waals surface area contributed by atoms with E-state index in [2.05, 4.69) is 0 Å². The van der Waals surface area contributed by atoms with Crippen molar-refractivity contribution in [1.82, 2.24) is 0 Å². The minimum atomic E-state index is -0.583. The van der Waals surface area contributed by atoms with Gasteiger partial charge in [0.25, 0.3) is 5.91 Å². The van der Waals surface area contributed by atoms with Crippen LogP contribution in [0.1, 0.15) is 16.1 Å². The summed E-state index contributed by atoms with van der Waals surface area (Å²) < 4.78 is 19.2. The van der Waals surface area contributed by atoms with Crippen molar-refractivity contribution in [2.24, 2.45) is 0 Å². The number of phenolic OH excluding ortho intramolecular Hbond substituents is 1. The zero-order valence-corrected chi connectivity index (χ0v) is 12.1. The number of furan rings is 1. The highest BCUT2D eigenvalue weighted by atomic mass is 19.1. The molecule has 0 bridgehead atoms. The quantitative estimate of drug-likeness (QED) is 0.793. The number of amides is 1. The highest BCUT2D eigenvalue weighted by Gasteiger charge is 2.21.